The van der Waals surface area contributed by atoms with Crippen molar-refractivity contribution >= 4 is 5.69 Å². The van der Waals surface area contributed by atoms with Crippen molar-refractivity contribution in [3.05, 3.63) is 29.6 Å². The molecule has 1 aromatic rings. The van der Waals surface area contributed by atoms with E-state index in [0.29, 0.717) is 13.1 Å². The quantitative estimate of drug-likeness (QED) is 0.782. The molecule has 3 nitrogen and oxygen atoms in total. The zero-order valence-electron chi connectivity index (χ0n) is 11.4. The van der Waals surface area contributed by atoms with Crippen LogP contribution in [-0.2, 0) is 6.54 Å². The highest BCUT2D eigenvalue weighted by Crippen LogP contribution is 2.23. The fourth-order valence-electron chi connectivity index (χ4n) is 2.00. The van der Waals surface area contributed by atoms with Gasteiger partial charge in [0.15, 0.2) is 0 Å². The maximum absolute atomic E-state index is 13.3. The third-order valence-corrected chi connectivity index (χ3v) is 2.88. The molecule has 0 aliphatic heterocycles. The van der Waals surface area contributed by atoms with Gasteiger partial charge in [0.25, 0.3) is 0 Å². The third-order valence-electron chi connectivity index (χ3n) is 2.88. The van der Waals surface area contributed by atoms with Gasteiger partial charge in [-0.25, -0.2) is 4.39 Å². The van der Waals surface area contributed by atoms with Crippen molar-refractivity contribution in [1.82, 2.24) is 5.32 Å². The van der Waals surface area contributed by atoms with Crippen LogP contribution < -0.4 is 10.2 Å². The SMILES string of the molecule is CCNCc1cc(F)ccc1N(CCO)C(C)C. The van der Waals surface area contributed by atoms with Crippen molar-refractivity contribution in [2.24, 2.45) is 0 Å². The van der Waals surface area contributed by atoms with E-state index in [2.05, 4.69) is 24.1 Å². The molecule has 0 aliphatic carbocycles. The highest BCUT2D eigenvalue weighted by atomic mass is 19.1. The second-order valence-electron chi connectivity index (χ2n) is 4.56. The standard InChI is InChI=1S/C14H23FN2O/c1-4-16-10-12-9-13(15)5-6-14(12)17(7-8-18)11(2)3/h5-6,9,11,16,18H,4,7-8,10H2,1-3H3. The number of hydrogen-bond acceptors (Lipinski definition) is 3. The number of rotatable bonds is 7. The Hall–Kier alpha value is -1.13. The van der Waals surface area contributed by atoms with Crippen LogP contribution in [0.25, 0.3) is 0 Å². The number of aliphatic hydroxyl groups excluding tert-OH is 1. The maximum Gasteiger partial charge on any atom is 0.123 e. The Morgan fingerprint density at radius 3 is 2.67 bits per heavy atom. The Bertz CT molecular complexity index is 369. The van der Waals surface area contributed by atoms with E-state index >= 15 is 0 Å². The molecule has 18 heavy (non-hydrogen) atoms. The van der Waals surface area contributed by atoms with Gasteiger partial charge in [-0.2, -0.15) is 0 Å². The van der Waals surface area contributed by atoms with Crippen LogP contribution in [0.15, 0.2) is 18.2 Å². The summed E-state index contributed by atoms with van der Waals surface area (Å²) in [5, 5.41) is 12.3. The van der Waals surface area contributed by atoms with Gasteiger partial charge >= 0.3 is 0 Å². The fraction of sp³-hybridized carbons (Fsp3) is 0.571. The molecule has 1 aromatic carbocycles. The molecule has 0 fully saturated rings. The number of anilines is 1. The molecule has 0 aliphatic rings. The molecule has 4 heteroatoms. The van der Waals surface area contributed by atoms with Crippen LogP contribution in [0, 0.1) is 5.82 Å². The minimum absolute atomic E-state index is 0.0935. The lowest BCUT2D eigenvalue weighted by molar-refractivity contribution is 0.299. The van der Waals surface area contributed by atoms with Crippen LogP contribution in [0.1, 0.15) is 26.3 Å². The van der Waals surface area contributed by atoms with E-state index in [-0.39, 0.29) is 18.5 Å². The topological polar surface area (TPSA) is 35.5 Å². The number of nitrogens with one attached hydrogen (secondary N) is 1. The first-order valence-corrected chi connectivity index (χ1v) is 6.46. The van der Waals surface area contributed by atoms with Gasteiger partial charge in [-0.15, -0.1) is 0 Å². The van der Waals surface area contributed by atoms with Crippen molar-refractivity contribution in [3.63, 3.8) is 0 Å². The van der Waals surface area contributed by atoms with E-state index in [1.54, 1.807) is 12.1 Å². The molecule has 0 amide bonds. The first-order valence-electron chi connectivity index (χ1n) is 6.46. The lowest BCUT2D eigenvalue weighted by Gasteiger charge is -2.30. The molecule has 0 bridgehead atoms. The largest absolute Gasteiger partial charge is 0.395 e. The molecular formula is C14H23FN2O. The normalized spacial score (nSPS) is 11.0. The lowest BCUT2D eigenvalue weighted by atomic mass is 10.1. The van der Waals surface area contributed by atoms with Gasteiger partial charge in [0, 0.05) is 24.8 Å². The number of aliphatic hydroxyl groups is 1. The van der Waals surface area contributed by atoms with Crippen LogP contribution in [-0.4, -0.2) is 30.8 Å². The van der Waals surface area contributed by atoms with Crippen LogP contribution in [0.4, 0.5) is 10.1 Å². The van der Waals surface area contributed by atoms with Gasteiger partial charge in [0.1, 0.15) is 5.82 Å². The summed E-state index contributed by atoms with van der Waals surface area (Å²) in [5.74, 6) is -0.223. The average molecular weight is 254 g/mol. The molecule has 0 radical (unpaired) electrons. The molecule has 0 saturated heterocycles. The molecule has 2 N–H and O–H groups in total. The monoisotopic (exact) mass is 254 g/mol. The predicted molar refractivity (Wildman–Crippen MR) is 73.3 cm³/mol. The summed E-state index contributed by atoms with van der Waals surface area (Å²) in [6.07, 6.45) is 0. The average Bonchev–Trinajstić information content (AvgIpc) is 2.34. The van der Waals surface area contributed by atoms with E-state index < -0.39 is 0 Å². The van der Waals surface area contributed by atoms with Gasteiger partial charge in [0.05, 0.1) is 6.61 Å². The summed E-state index contributed by atoms with van der Waals surface area (Å²) in [5.41, 5.74) is 1.92. The minimum atomic E-state index is -0.223. The van der Waals surface area contributed by atoms with E-state index in [0.717, 1.165) is 17.8 Å². The van der Waals surface area contributed by atoms with Crippen molar-refractivity contribution in [1.29, 1.82) is 0 Å². The Morgan fingerprint density at radius 1 is 1.39 bits per heavy atom. The van der Waals surface area contributed by atoms with Gasteiger partial charge in [-0.05, 0) is 44.2 Å². The number of halogens is 1. The van der Waals surface area contributed by atoms with Crippen LogP contribution in [0.3, 0.4) is 0 Å². The maximum atomic E-state index is 13.3. The van der Waals surface area contributed by atoms with Crippen molar-refractivity contribution < 1.29 is 9.50 Å². The van der Waals surface area contributed by atoms with Gasteiger partial charge in [-0.3, -0.25) is 0 Å². The Balaban J connectivity index is 3.03. The van der Waals surface area contributed by atoms with Gasteiger partial charge in [0.2, 0.25) is 0 Å². The van der Waals surface area contributed by atoms with Crippen LogP contribution in [0.5, 0.6) is 0 Å². The molecule has 102 valence electrons. The molecule has 0 spiro atoms. The Labute approximate surface area is 109 Å². The Morgan fingerprint density at radius 2 is 2.11 bits per heavy atom. The van der Waals surface area contributed by atoms with Crippen molar-refractivity contribution in [3.8, 4) is 0 Å². The zero-order valence-corrected chi connectivity index (χ0v) is 11.4. The number of benzene rings is 1. The van der Waals surface area contributed by atoms with Gasteiger partial charge in [-0.1, -0.05) is 6.92 Å². The molecule has 0 heterocycles. The highest BCUT2D eigenvalue weighted by molar-refractivity contribution is 5.54. The van der Waals surface area contributed by atoms with E-state index in [1.165, 1.54) is 6.07 Å². The molecule has 0 aromatic heterocycles. The predicted octanol–water partition coefficient (Wildman–Crippen LogP) is 2.14. The molecule has 1 rings (SSSR count). The smallest absolute Gasteiger partial charge is 0.123 e. The number of hydrogen-bond donors (Lipinski definition) is 2. The zero-order chi connectivity index (χ0) is 13.5. The van der Waals surface area contributed by atoms with Crippen molar-refractivity contribution in [2.75, 3.05) is 24.6 Å². The molecule has 0 saturated carbocycles. The van der Waals surface area contributed by atoms with E-state index in [4.69, 9.17) is 5.11 Å². The van der Waals surface area contributed by atoms with E-state index in [9.17, 15) is 4.39 Å². The van der Waals surface area contributed by atoms with Crippen LogP contribution >= 0.6 is 0 Å². The Kier molecular flexibility index (Phi) is 6.09. The fourth-order valence-corrected chi connectivity index (χ4v) is 2.00. The summed E-state index contributed by atoms with van der Waals surface area (Å²) >= 11 is 0. The highest BCUT2D eigenvalue weighted by Gasteiger charge is 2.14. The molecule has 0 atom stereocenters. The van der Waals surface area contributed by atoms with Crippen LogP contribution in [0.2, 0.25) is 0 Å². The third kappa shape index (κ3) is 3.96. The summed E-state index contributed by atoms with van der Waals surface area (Å²) in [4.78, 5) is 2.09. The summed E-state index contributed by atoms with van der Waals surface area (Å²) in [6, 6.07) is 5.09. The van der Waals surface area contributed by atoms with E-state index in [1.807, 2.05) is 6.92 Å². The number of nitrogens with zero attached hydrogens (tertiary/aromatic N) is 1. The van der Waals surface area contributed by atoms with Crippen molar-refractivity contribution in [2.45, 2.75) is 33.4 Å². The molecule has 0 unspecified atom stereocenters. The summed E-state index contributed by atoms with van der Waals surface area (Å²) in [6.45, 7) is 8.29. The summed E-state index contributed by atoms with van der Waals surface area (Å²) < 4.78 is 13.3. The lowest BCUT2D eigenvalue weighted by Crippen LogP contribution is -2.34. The first-order chi connectivity index (χ1) is 8.60. The first kappa shape index (κ1) is 14.9. The minimum Gasteiger partial charge on any atom is -0.395 e. The second-order valence-corrected chi connectivity index (χ2v) is 4.56. The molecular weight excluding hydrogens is 231 g/mol. The summed E-state index contributed by atoms with van der Waals surface area (Å²) in [7, 11) is 0. The second kappa shape index (κ2) is 7.34. The van der Waals surface area contributed by atoms with Gasteiger partial charge < -0.3 is 15.3 Å².